The first-order chi connectivity index (χ1) is 5.69. The van der Waals surface area contributed by atoms with E-state index in [1.807, 2.05) is 0 Å². The number of carbonyl (C=O) groups is 1. The van der Waals surface area contributed by atoms with Gasteiger partial charge < -0.3 is 9.84 Å². The van der Waals surface area contributed by atoms with Crippen LogP contribution in [0.3, 0.4) is 0 Å². The van der Waals surface area contributed by atoms with Gasteiger partial charge in [-0.25, -0.2) is 0 Å². The Morgan fingerprint density at radius 2 is 2.25 bits per heavy atom. The maximum Gasteiger partial charge on any atom is 0.168 e. The van der Waals surface area contributed by atoms with Crippen LogP contribution in [-0.4, -0.2) is 18.5 Å². The Morgan fingerprint density at radius 3 is 2.75 bits per heavy atom. The number of hydrogen-bond donors (Lipinski definition) is 1. The standard InChI is InChI=1S/C8H7ClO3/c1-12-7-3-6(9)2-5(4-10)8(7)11/h2-4,11H,1H3/i2+2,3+2,5+2,6+2,7+2,8+2. The predicted molar refractivity (Wildman–Crippen MR) is 45.1 cm³/mol. The minimum absolute atomic E-state index is 0.124. The molecule has 12 heavy (non-hydrogen) atoms. The molecule has 0 heterocycles. The molecule has 0 bridgehead atoms. The van der Waals surface area contributed by atoms with E-state index < -0.39 is 0 Å². The lowest BCUT2D eigenvalue weighted by atomic mass is 11.4. The van der Waals surface area contributed by atoms with Gasteiger partial charge >= 0.3 is 0 Å². The molecule has 1 aromatic carbocycles. The lowest BCUT2D eigenvalue weighted by molar-refractivity contribution is 0.112. The zero-order valence-electron chi connectivity index (χ0n) is 6.37. The molecule has 0 unspecified atom stereocenters. The second kappa shape index (κ2) is 3.45. The van der Waals surface area contributed by atoms with Gasteiger partial charge in [-0.1, -0.05) is 11.6 Å². The lowest BCUT2D eigenvalue weighted by Gasteiger charge is -2.04. The number of phenolic OH excluding ortho intramolecular Hbond substituents is 1. The van der Waals surface area contributed by atoms with E-state index >= 15 is 0 Å². The second-order valence-electron chi connectivity index (χ2n) is 2.16. The van der Waals surface area contributed by atoms with Crippen molar-refractivity contribution < 1.29 is 14.6 Å². The average Bonchev–Trinajstić information content (AvgIpc) is 2.08. The van der Waals surface area contributed by atoms with Crippen LogP contribution in [0.1, 0.15) is 10.4 Å². The maximum absolute atomic E-state index is 10.4. The van der Waals surface area contributed by atoms with Crippen LogP contribution in [0.5, 0.6) is 11.5 Å². The van der Waals surface area contributed by atoms with Gasteiger partial charge in [0.1, 0.15) is 0 Å². The van der Waals surface area contributed by atoms with Crippen LogP contribution in [0.15, 0.2) is 12.1 Å². The van der Waals surface area contributed by atoms with Crippen LogP contribution in [-0.2, 0) is 0 Å². The van der Waals surface area contributed by atoms with Crippen molar-refractivity contribution in [2.75, 3.05) is 7.11 Å². The smallest absolute Gasteiger partial charge is 0.168 e. The molecular formula is C8H7ClO3. The number of hydrogen-bond acceptors (Lipinski definition) is 3. The fourth-order valence-corrected chi connectivity index (χ4v) is 1.06. The third-order valence-electron chi connectivity index (χ3n) is 1.42. The average molecular weight is 199 g/mol. The van der Waals surface area contributed by atoms with Gasteiger partial charge in [-0.15, -0.1) is 0 Å². The first-order valence-electron chi connectivity index (χ1n) is 3.20. The van der Waals surface area contributed by atoms with Crippen molar-refractivity contribution in [2.45, 2.75) is 0 Å². The summed E-state index contributed by atoms with van der Waals surface area (Å²) >= 11 is 5.63. The van der Waals surface area contributed by atoms with E-state index in [1.165, 1.54) is 19.2 Å². The summed E-state index contributed by atoms with van der Waals surface area (Å²) in [5, 5.41) is 9.65. The first-order valence-corrected chi connectivity index (χ1v) is 3.58. The molecule has 0 atom stereocenters. The van der Waals surface area contributed by atoms with Crippen LogP contribution >= 0.6 is 11.6 Å². The fraction of sp³-hybridized carbons (Fsp3) is 0.125. The van der Waals surface area contributed by atoms with E-state index in [1.54, 1.807) is 0 Å². The van der Waals surface area contributed by atoms with Gasteiger partial charge in [-0.2, -0.15) is 0 Å². The Labute approximate surface area is 74.5 Å². The third-order valence-corrected chi connectivity index (χ3v) is 1.63. The summed E-state index contributed by atoms with van der Waals surface area (Å²) in [6, 6.07) is 2.80. The number of halogens is 1. The number of aldehydes is 1. The largest absolute Gasteiger partial charge is 0.504 e. The summed E-state index contributed by atoms with van der Waals surface area (Å²) in [5.41, 5.74) is 0.124. The Morgan fingerprint density at radius 1 is 1.58 bits per heavy atom. The Hall–Kier alpha value is -1.22. The van der Waals surface area contributed by atoms with Crippen molar-refractivity contribution in [3.8, 4) is 11.5 Å². The molecule has 0 aliphatic heterocycles. The molecule has 0 saturated carbocycles. The van der Waals surface area contributed by atoms with Crippen molar-refractivity contribution in [3.63, 3.8) is 0 Å². The van der Waals surface area contributed by atoms with Gasteiger partial charge in [0, 0.05) is 11.1 Å². The van der Waals surface area contributed by atoms with Gasteiger partial charge in [-0.05, 0) is 6.07 Å². The van der Waals surface area contributed by atoms with Gasteiger partial charge in [0.2, 0.25) is 0 Å². The summed E-state index contributed by atoms with van der Waals surface area (Å²) in [5.74, 6) is 0.0153. The molecule has 1 aromatic rings. The molecule has 0 aliphatic rings. The van der Waals surface area contributed by atoms with Crippen LogP contribution in [0, 0.1) is 0 Å². The number of benzene rings is 1. The number of methoxy groups -OCH3 is 1. The highest BCUT2D eigenvalue weighted by atomic mass is 35.5. The molecule has 1 rings (SSSR count). The van der Waals surface area contributed by atoms with Crippen molar-refractivity contribution in [1.82, 2.24) is 0 Å². The SMILES string of the molecule is CO[14c]1[14cH][14c](Cl)[14cH][14c](C=O)[14c]1O. The van der Waals surface area contributed by atoms with Gasteiger partial charge in [0.05, 0.1) is 12.7 Å². The molecular weight excluding hydrogens is 191 g/mol. The van der Waals surface area contributed by atoms with E-state index in [0.717, 1.165) is 0 Å². The molecule has 0 aromatic heterocycles. The summed E-state index contributed by atoms with van der Waals surface area (Å²) in [6.07, 6.45) is 0.518. The topological polar surface area (TPSA) is 46.5 Å². The van der Waals surface area contributed by atoms with Crippen LogP contribution in [0.2, 0.25) is 5.02 Å². The number of ether oxygens (including phenoxy) is 1. The van der Waals surface area contributed by atoms with Crippen molar-refractivity contribution in [2.24, 2.45) is 0 Å². The molecule has 0 fully saturated rings. The fourth-order valence-electron chi connectivity index (χ4n) is 0.840. The highest BCUT2D eigenvalue weighted by molar-refractivity contribution is 6.31. The minimum atomic E-state index is -0.183. The van der Waals surface area contributed by atoms with Gasteiger partial charge in [0.15, 0.2) is 17.8 Å². The summed E-state index contributed by atoms with van der Waals surface area (Å²) in [4.78, 5) is 10.4. The summed E-state index contributed by atoms with van der Waals surface area (Å²) in [7, 11) is 1.39. The van der Waals surface area contributed by atoms with Gasteiger partial charge in [-0.3, -0.25) is 4.79 Å². The molecule has 0 aliphatic carbocycles. The van der Waals surface area contributed by atoms with E-state index in [9.17, 15) is 9.90 Å². The monoisotopic (exact) mass is 198 g/mol. The Balaban J connectivity index is 3.31. The molecule has 1 N–H and O–H groups in total. The molecule has 4 heteroatoms. The number of rotatable bonds is 2. The summed E-state index contributed by atoms with van der Waals surface area (Å²) < 4.78 is 4.77. The van der Waals surface area contributed by atoms with E-state index in [0.29, 0.717) is 11.3 Å². The molecule has 3 nitrogen and oxygen atoms in total. The van der Waals surface area contributed by atoms with Crippen molar-refractivity contribution in [3.05, 3.63) is 22.7 Å². The zero-order chi connectivity index (χ0) is 9.14. The highest BCUT2D eigenvalue weighted by Crippen LogP contribution is 2.32. The van der Waals surface area contributed by atoms with Crippen molar-refractivity contribution >= 4 is 17.9 Å². The van der Waals surface area contributed by atoms with Gasteiger partial charge in [0.25, 0.3) is 0 Å². The van der Waals surface area contributed by atoms with E-state index in [2.05, 4.69) is 0 Å². The summed E-state index contributed by atoms with van der Waals surface area (Å²) in [6.45, 7) is 0. The van der Waals surface area contributed by atoms with Crippen LogP contribution in [0.4, 0.5) is 0 Å². The molecule has 0 spiro atoms. The normalized spacial score (nSPS) is 9.50. The van der Waals surface area contributed by atoms with Crippen molar-refractivity contribution in [1.29, 1.82) is 0 Å². The molecule has 64 valence electrons. The zero-order valence-corrected chi connectivity index (χ0v) is 7.13. The Bertz CT molecular complexity index is 309. The predicted octanol–water partition coefficient (Wildman–Crippen LogP) is 1.87. The highest BCUT2D eigenvalue weighted by Gasteiger charge is 2.08. The second-order valence-corrected chi connectivity index (χ2v) is 2.60. The maximum atomic E-state index is 10.4. The number of phenols is 1. The Kier molecular flexibility index (Phi) is 2.55. The number of aromatic hydroxyl groups is 1. The quantitative estimate of drug-likeness (QED) is 0.738. The first kappa shape index (κ1) is 8.87. The number of carbonyl (C=O) groups excluding carboxylic acids is 1. The molecule has 0 amide bonds. The lowest BCUT2D eigenvalue weighted by Crippen LogP contribution is -1.88. The van der Waals surface area contributed by atoms with Crippen LogP contribution < -0.4 is 4.74 Å². The molecule has 0 radical (unpaired) electrons. The van der Waals surface area contributed by atoms with E-state index in [-0.39, 0.29) is 17.1 Å². The van der Waals surface area contributed by atoms with E-state index in [4.69, 9.17) is 16.3 Å². The minimum Gasteiger partial charge on any atom is -0.504 e. The van der Waals surface area contributed by atoms with Crippen LogP contribution in [0.25, 0.3) is 0 Å². The third kappa shape index (κ3) is 1.51. The molecule has 0 saturated heterocycles.